The van der Waals surface area contributed by atoms with Gasteiger partial charge in [-0.1, -0.05) is 48.0 Å². The molecule has 2 rings (SSSR count). The molecule has 0 aliphatic carbocycles. The Hall–Kier alpha value is -2.62. The van der Waals surface area contributed by atoms with Crippen LogP contribution in [0.1, 0.15) is 27.9 Å². The fraction of sp³-hybridized carbons (Fsp3) is 0.222. The maximum Gasteiger partial charge on any atom is 0.251 e. The van der Waals surface area contributed by atoms with Crippen molar-refractivity contribution < 1.29 is 9.59 Å². The average Bonchev–Trinajstić information content (AvgIpc) is 2.55. The number of benzene rings is 2. The summed E-state index contributed by atoms with van der Waals surface area (Å²) in [4.78, 5) is 23.5. The lowest BCUT2D eigenvalue weighted by Crippen LogP contribution is -2.30. The van der Waals surface area contributed by atoms with E-state index in [4.69, 9.17) is 0 Å². The van der Waals surface area contributed by atoms with E-state index in [0.717, 1.165) is 5.56 Å². The molecule has 0 bridgehead atoms. The molecule has 0 saturated heterocycles. The molecule has 0 fully saturated rings. The third-order valence-electron chi connectivity index (χ3n) is 3.28. The lowest BCUT2D eigenvalue weighted by Gasteiger charge is -2.07. The Morgan fingerprint density at radius 3 is 2.27 bits per heavy atom. The number of carbonyl (C=O) groups is 2. The Morgan fingerprint density at radius 1 is 0.909 bits per heavy atom. The van der Waals surface area contributed by atoms with Gasteiger partial charge < -0.3 is 10.6 Å². The lowest BCUT2D eigenvalue weighted by molar-refractivity contribution is -0.121. The van der Waals surface area contributed by atoms with E-state index >= 15 is 0 Å². The number of rotatable bonds is 6. The van der Waals surface area contributed by atoms with Gasteiger partial charge >= 0.3 is 0 Å². The summed E-state index contributed by atoms with van der Waals surface area (Å²) >= 11 is 0. The number of amides is 2. The fourth-order valence-electron chi connectivity index (χ4n) is 1.98. The van der Waals surface area contributed by atoms with Crippen LogP contribution in [0.25, 0.3) is 0 Å². The monoisotopic (exact) mass is 296 g/mol. The first-order valence-corrected chi connectivity index (χ1v) is 7.30. The number of hydrogen-bond donors (Lipinski definition) is 2. The second-order valence-electron chi connectivity index (χ2n) is 5.13. The first kappa shape index (κ1) is 15.8. The van der Waals surface area contributed by atoms with Crippen LogP contribution in [0.3, 0.4) is 0 Å². The number of aryl methyl sites for hydroxylation is 1. The minimum atomic E-state index is -0.160. The molecule has 0 saturated carbocycles. The van der Waals surface area contributed by atoms with Crippen LogP contribution in [-0.2, 0) is 11.3 Å². The summed E-state index contributed by atoms with van der Waals surface area (Å²) in [6.45, 7) is 2.86. The predicted octanol–water partition coefficient (Wildman–Crippen LogP) is 2.43. The topological polar surface area (TPSA) is 58.2 Å². The molecule has 0 radical (unpaired) electrons. The molecule has 4 nitrogen and oxygen atoms in total. The second kappa shape index (κ2) is 7.98. The standard InChI is InChI=1S/C18H20N2O2/c1-14-7-9-15(10-8-14)13-20-17(21)11-12-19-18(22)16-5-3-2-4-6-16/h2-10H,11-13H2,1H3,(H,19,22)(H,20,21). The fourth-order valence-corrected chi connectivity index (χ4v) is 1.98. The summed E-state index contributed by atoms with van der Waals surface area (Å²) in [5, 5.41) is 5.58. The van der Waals surface area contributed by atoms with Crippen molar-refractivity contribution in [2.45, 2.75) is 19.9 Å². The molecule has 4 heteroatoms. The van der Waals surface area contributed by atoms with E-state index in [1.165, 1.54) is 5.56 Å². The number of nitrogens with one attached hydrogen (secondary N) is 2. The van der Waals surface area contributed by atoms with Gasteiger partial charge in [-0.2, -0.15) is 0 Å². The Morgan fingerprint density at radius 2 is 1.59 bits per heavy atom. The number of hydrogen-bond acceptors (Lipinski definition) is 2. The normalized spacial score (nSPS) is 10.0. The van der Waals surface area contributed by atoms with E-state index in [1.807, 2.05) is 49.4 Å². The largest absolute Gasteiger partial charge is 0.352 e. The van der Waals surface area contributed by atoms with Crippen LogP contribution in [0, 0.1) is 6.92 Å². The molecule has 0 spiro atoms. The predicted molar refractivity (Wildman–Crippen MR) is 86.4 cm³/mol. The molecule has 114 valence electrons. The zero-order valence-electron chi connectivity index (χ0n) is 12.6. The van der Waals surface area contributed by atoms with Crippen molar-refractivity contribution >= 4 is 11.8 Å². The summed E-state index contributed by atoms with van der Waals surface area (Å²) in [5.74, 6) is -0.235. The molecule has 0 aromatic heterocycles. The smallest absolute Gasteiger partial charge is 0.251 e. The van der Waals surface area contributed by atoms with Gasteiger partial charge in [-0.25, -0.2) is 0 Å². The molecule has 2 N–H and O–H groups in total. The zero-order chi connectivity index (χ0) is 15.8. The molecule has 0 unspecified atom stereocenters. The molecule has 22 heavy (non-hydrogen) atoms. The molecular weight excluding hydrogens is 276 g/mol. The summed E-state index contributed by atoms with van der Waals surface area (Å²) < 4.78 is 0. The van der Waals surface area contributed by atoms with Crippen molar-refractivity contribution in [3.63, 3.8) is 0 Å². The van der Waals surface area contributed by atoms with Gasteiger partial charge in [0, 0.05) is 25.1 Å². The van der Waals surface area contributed by atoms with E-state index < -0.39 is 0 Å². The van der Waals surface area contributed by atoms with Crippen LogP contribution in [0.15, 0.2) is 54.6 Å². The SMILES string of the molecule is Cc1ccc(CNC(=O)CCNC(=O)c2ccccc2)cc1. The van der Waals surface area contributed by atoms with Crippen LogP contribution in [-0.4, -0.2) is 18.4 Å². The summed E-state index contributed by atoms with van der Waals surface area (Å²) in [5.41, 5.74) is 2.86. The molecule has 2 aromatic rings. The Kier molecular flexibility index (Phi) is 5.72. The van der Waals surface area contributed by atoms with E-state index in [2.05, 4.69) is 10.6 Å². The quantitative estimate of drug-likeness (QED) is 0.860. The second-order valence-corrected chi connectivity index (χ2v) is 5.13. The van der Waals surface area contributed by atoms with Crippen LogP contribution in [0.5, 0.6) is 0 Å². The van der Waals surface area contributed by atoms with Crippen molar-refractivity contribution in [2.75, 3.05) is 6.54 Å². The lowest BCUT2D eigenvalue weighted by atomic mass is 10.1. The van der Waals surface area contributed by atoms with E-state index in [-0.39, 0.29) is 18.2 Å². The molecule has 0 atom stereocenters. The van der Waals surface area contributed by atoms with Gasteiger partial charge in [0.2, 0.25) is 5.91 Å². The molecule has 0 aliphatic heterocycles. The highest BCUT2D eigenvalue weighted by Gasteiger charge is 2.05. The van der Waals surface area contributed by atoms with E-state index in [0.29, 0.717) is 18.7 Å². The minimum absolute atomic E-state index is 0.0751. The molecule has 2 amide bonds. The highest BCUT2D eigenvalue weighted by molar-refractivity contribution is 5.94. The maximum absolute atomic E-state index is 11.8. The van der Waals surface area contributed by atoms with Crippen molar-refractivity contribution in [3.8, 4) is 0 Å². The van der Waals surface area contributed by atoms with E-state index in [1.54, 1.807) is 12.1 Å². The van der Waals surface area contributed by atoms with Crippen LogP contribution in [0.4, 0.5) is 0 Å². The summed E-state index contributed by atoms with van der Waals surface area (Å²) in [7, 11) is 0. The summed E-state index contributed by atoms with van der Waals surface area (Å²) in [6.07, 6.45) is 0.268. The van der Waals surface area contributed by atoms with Crippen LogP contribution >= 0.6 is 0 Å². The number of carbonyl (C=O) groups excluding carboxylic acids is 2. The third kappa shape index (κ3) is 5.05. The molecule has 0 aliphatic rings. The molecule has 0 heterocycles. The molecule has 2 aromatic carbocycles. The highest BCUT2D eigenvalue weighted by Crippen LogP contribution is 2.02. The van der Waals surface area contributed by atoms with Gasteiger partial charge in [-0.05, 0) is 24.6 Å². The van der Waals surface area contributed by atoms with Gasteiger partial charge in [0.15, 0.2) is 0 Å². The van der Waals surface area contributed by atoms with E-state index in [9.17, 15) is 9.59 Å². The Labute approximate surface area is 130 Å². The zero-order valence-corrected chi connectivity index (χ0v) is 12.6. The van der Waals surface area contributed by atoms with Crippen LogP contribution in [0.2, 0.25) is 0 Å². The van der Waals surface area contributed by atoms with Gasteiger partial charge in [-0.15, -0.1) is 0 Å². The summed E-state index contributed by atoms with van der Waals surface area (Å²) in [6, 6.07) is 17.0. The Balaban J connectivity index is 1.67. The van der Waals surface area contributed by atoms with Crippen LogP contribution < -0.4 is 10.6 Å². The Bertz CT molecular complexity index is 621. The van der Waals surface area contributed by atoms with Crippen molar-refractivity contribution in [1.29, 1.82) is 0 Å². The van der Waals surface area contributed by atoms with Crippen molar-refractivity contribution in [3.05, 3.63) is 71.3 Å². The van der Waals surface area contributed by atoms with Gasteiger partial charge in [0.1, 0.15) is 0 Å². The highest BCUT2D eigenvalue weighted by atomic mass is 16.2. The van der Waals surface area contributed by atoms with Gasteiger partial charge in [-0.3, -0.25) is 9.59 Å². The average molecular weight is 296 g/mol. The minimum Gasteiger partial charge on any atom is -0.352 e. The van der Waals surface area contributed by atoms with Crippen molar-refractivity contribution in [1.82, 2.24) is 10.6 Å². The van der Waals surface area contributed by atoms with Gasteiger partial charge in [0.25, 0.3) is 5.91 Å². The molecular formula is C18H20N2O2. The van der Waals surface area contributed by atoms with Crippen molar-refractivity contribution in [2.24, 2.45) is 0 Å². The maximum atomic E-state index is 11.8. The first-order chi connectivity index (χ1) is 10.6. The third-order valence-corrected chi connectivity index (χ3v) is 3.28. The van der Waals surface area contributed by atoms with Gasteiger partial charge in [0.05, 0.1) is 0 Å². The first-order valence-electron chi connectivity index (χ1n) is 7.30.